The highest BCUT2D eigenvalue weighted by Crippen LogP contribution is 2.32. The van der Waals surface area contributed by atoms with Crippen LogP contribution in [0.2, 0.25) is 0 Å². The number of nitrogens with zero attached hydrogens (tertiary/aromatic N) is 1. The fourth-order valence-corrected chi connectivity index (χ4v) is 2.16. The van der Waals surface area contributed by atoms with E-state index in [-0.39, 0.29) is 0 Å². The number of rotatable bonds is 3. The predicted octanol–water partition coefficient (Wildman–Crippen LogP) is 3.38. The number of methoxy groups -OCH3 is 1. The maximum atomic E-state index is 5.34. The summed E-state index contributed by atoms with van der Waals surface area (Å²) in [5.41, 5.74) is 2.40. The third-order valence-electron chi connectivity index (χ3n) is 2.33. The maximum absolute atomic E-state index is 5.34. The molecule has 78 valence electrons. The minimum atomic E-state index is 0.891. The number of benzene rings is 1. The van der Waals surface area contributed by atoms with Gasteiger partial charge in [-0.1, -0.05) is 13.0 Å². The summed E-state index contributed by atoms with van der Waals surface area (Å²) < 4.78 is 5.34. The minimum Gasteiger partial charge on any atom is -0.496 e. The van der Waals surface area contributed by atoms with Gasteiger partial charge in [-0.2, -0.15) is 0 Å². The molecule has 2 aromatic rings. The summed E-state index contributed by atoms with van der Waals surface area (Å²) in [5.74, 6) is 0.891. The van der Waals surface area contributed by atoms with Crippen LogP contribution in [0.15, 0.2) is 29.8 Å². The monoisotopic (exact) mass is 219 g/mol. The Kier molecular flexibility index (Phi) is 3.02. The second-order valence-electron chi connectivity index (χ2n) is 3.23. The molecular formula is C12H13NOS. The second-order valence-corrected chi connectivity index (χ2v) is 4.12. The summed E-state index contributed by atoms with van der Waals surface area (Å²) in [7, 11) is 1.69. The van der Waals surface area contributed by atoms with Crippen molar-refractivity contribution >= 4 is 11.3 Å². The Hall–Kier alpha value is -1.35. The van der Waals surface area contributed by atoms with Crippen LogP contribution >= 0.6 is 11.3 Å². The van der Waals surface area contributed by atoms with E-state index in [1.165, 1.54) is 5.56 Å². The van der Waals surface area contributed by atoms with Crippen LogP contribution in [0.3, 0.4) is 0 Å². The molecule has 0 unspecified atom stereocenters. The lowest BCUT2D eigenvalue weighted by molar-refractivity contribution is 0.416. The van der Waals surface area contributed by atoms with Crippen LogP contribution in [0, 0.1) is 0 Å². The Labute approximate surface area is 93.6 Å². The average molecular weight is 219 g/mol. The van der Waals surface area contributed by atoms with Gasteiger partial charge in [-0.25, -0.2) is 4.98 Å². The van der Waals surface area contributed by atoms with Crippen molar-refractivity contribution < 1.29 is 4.74 Å². The van der Waals surface area contributed by atoms with E-state index in [0.29, 0.717) is 0 Å². The summed E-state index contributed by atoms with van der Waals surface area (Å²) in [6.45, 7) is 2.15. The molecule has 0 aliphatic rings. The van der Waals surface area contributed by atoms with Crippen LogP contribution in [0.25, 0.3) is 10.6 Å². The molecular weight excluding hydrogens is 206 g/mol. The summed E-state index contributed by atoms with van der Waals surface area (Å²) in [5, 5.41) is 3.00. The number of ether oxygens (including phenoxy) is 1. The molecule has 1 aromatic heterocycles. The van der Waals surface area contributed by atoms with Gasteiger partial charge in [0.05, 0.1) is 12.7 Å². The first-order chi connectivity index (χ1) is 7.35. The van der Waals surface area contributed by atoms with Gasteiger partial charge in [0.25, 0.3) is 0 Å². The van der Waals surface area contributed by atoms with E-state index >= 15 is 0 Å². The van der Waals surface area contributed by atoms with E-state index in [1.807, 2.05) is 17.6 Å². The molecule has 0 aliphatic carbocycles. The van der Waals surface area contributed by atoms with Gasteiger partial charge in [0, 0.05) is 11.6 Å². The highest BCUT2D eigenvalue weighted by Gasteiger charge is 2.08. The summed E-state index contributed by atoms with van der Waals surface area (Å²) in [6.07, 6.45) is 2.85. The molecule has 0 bridgehead atoms. The average Bonchev–Trinajstić information content (AvgIpc) is 2.81. The fraction of sp³-hybridized carbons (Fsp3) is 0.250. The van der Waals surface area contributed by atoms with Crippen molar-refractivity contribution in [2.75, 3.05) is 7.11 Å². The third-order valence-corrected chi connectivity index (χ3v) is 3.14. The van der Waals surface area contributed by atoms with Gasteiger partial charge >= 0.3 is 0 Å². The van der Waals surface area contributed by atoms with Crippen LogP contribution in [0.5, 0.6) is 5.75 Å². The molecule has 0 spiro atoms. The largest absolute Gasteiger partial charge is 0.496 e. The van der Waals surface area contributed by atoms with E-state index < -0.39 is 0 Å². The zero-order chi connectivity index (χ0) is 10.7. The summed E-state index contributed by atoms with van der Waals surface area (Å²) >= 11 is 1.63. The van der Waals surface area contributed by atoms with Gasteiger partial charge in [0.15, 0.2) is 0 Å². The number of thiazole rings is 1. The van der Waals surface area contributed by atoms with Gasteiger partial charge in [0.1, 0.15) is 10.8 Å². The van der Waals surface area contributed by atoms with Gasteiger partial charge in [-0.05, 0) is 24.1 Å². The van der Waals surface area contributed by atoms with Crippen LogP contribution in [0.1, 0.15) is 12.5 Å². The Balaban J connectivity index is 2.52. The molecule has 0 saturated carbocycles. The molecule has 0 amide bonds. The van der Waals surface area contributed by atoms with Crippen molar-refractivity contribution in [3.05, 3.63) is 35.3 Å². The van der Waals surface area contributed by atoms with Gasteiger partial charge in [-0.15, -0.1) is 11.3 Å². The highest BCUT2D eigenvalue weighted by atomic mass is 32.1. The molecule has 15 heavy (non-hydrogen) atoms. The predicted molar refractivity (Wildman–Crippen MR) is 63.5 cm³/mol. The molecule has 2 rings (SSSR count). The van der Waals surface area contributed by atoms with Gasteiger partial charge in [-0.3, -0.25) is 0 Å². The standard InChI is InChI=1S/C12H13NOS/c1-3-9-4-5-11(14-2)10(8-9)12-13-6-7-15-12/h4-8H,3H2,1-2H3. The summed E-state index contributed by atoms with van der Waals surface area (Å²) in [4.78, 5) is 4.31. The van der Waals surface area contributed by atoms with Crippen LogP contribution in [-0.4, -0.2) is 12.1 Å². The van der Waals surface area contributed by atoms with Gasteiger partial charge < -0.3 is 4.74 Å². The van der Waals surface area contributed by atoms with Crippen LogP contribution in [0.4, 0.5) is 0 Å². The lowest BCUT2D eigenvalue weighted by Crippen LogP contribution is -1.89. The molecule has 0 aliphatic heterocycles. The number of aromatic nitrogens is 1. The molecule has 3 heteroatoms. The number of hydrogen-bond acceptors (Lipinski definition) is 3. The van der Waals surface area contributed by atoms with Crippen molar-refractivity contribution in [1.82, 2.24) is 4.98 Å². The van der Waals surface area contributed by atoms with E-state index in [4.69, 9.17) is 4.74 Å². The van der Waals surface area contributed by atoms with Crippen molar-refractivity contribution in [2.45, 2.75) is 13.3 Å². The van der Waals surface area contributed by atoms with Gasteiger partial charge in [0.2, 0.25) is 0 Å². The first-order valence-corrected chi connectivity index (χ1v) is 5.80. The molecule has 1 aromatic carbocycles. The Morgan fingerprint density at radius 3 is 2.87 bits per heavy atom. The lowest BCUT2D eigenvalue weighted by Gasteiger charge is -2.07. The first kappa shape index (κ1) is 10.2. The molecule has 0 fully saturated rings. The molecule has 0 N–H and O–H groups in total. The lowest BCUT2D eigenvalue weighted by atomic mass is 10.1. The molecule has 0 radical (unpaired) electrons. The van der Waals surface area contributed by atoms with Crippen LogP contribution in [-0.2, 0) is 6.42 Å². The smallest absolute Gasteiger partial charge is 0.129 e. The second kappa shape index (κ2) is 4.45. The first-order valence-electron chi connectivity index (χ1n) is 4.92. The topological polar surface area (TPSA) is 22.1 Å². The number of aryl methyl sites for hydroxylation is 1. The van der Waals surface area contributed by atoms with E-state index in [0.717, 1.165) is 22.7 Å². The fourth-order valence-electron chi connectivity index (χ4n) is 1.50. The SMILES string of the molecule is CCc1ccc(OC)c(-c2nccs2)c1. The van der Waals surface area contributed by atoms with Crippen molar-refractivity contribution in [3.63, 3.8) is 0 Å². The normalized spacial score (nSPS) is 10.3. The van der Waals surface area contributed by atoms with Crippen molar-refractivity contribution in [3.8, 4) is 16.3 Å². The minimum absolute atomic E-state index is 0.891. The van der Waals surface area contributed by atoms with Crippen LogP contribution < -0.4 is 4.74 Å². The zero-order valence-corrected chi connectivity index (χ0v) is 9.67. The molecule has 0 atom stereocenters. The highest BCUT2D eigenvalue weighted by molar-refractivity contribution is 7.13. The van der Waals surface area contributed by atoms with Crippen molar-refractivity contribution in [2.24, 2.45) is 0 Å². The zero-order valence-electron chi connectivity index (χ0n) is 8.86. The Bertz CT molecular complexity index is 437. The Morgan fingerprint density at radius 2 is 2.27 bits per heavy atom. The summed E-state index contributed by atoms with van der Waals surface area (Å²) in [6, 6.07) is 6.25. The van der Waals surface area contributed by atoms with E-state index in [1.54, 1.807) is 18.4 Å². The molecule has 2 nitrogen and oxygen atoms in total. The van der Waals surface area contributed by atoms with E-state index in [2.05, 4.69) is 24.0 Å². The Morgan fingerprint density at radius 1 is 1.40 bits per heavy atom. The molecule has 1 heterocycles. The van der Waals surface area contributed by atoms with Crippen molar-refractivity contribution in [1.29, 1.82) is 0 Å². The van der Waals surface area contributed by atoms with E-state index in [9.17, 15) is 0 Å². The maximum Gasteiger partial charge on any atom is 0.129 e. The molecule has 0 saturated heterocycles. The third kappa shape index (κ3) is 2.02. The number of hydrogen-bond donors (Lipinski definition) is 0. The quantitative estimate of drug-likeness (QED) is 0.789.